The van der Waals surface area contributed by atoms with E-state index in [1.54, 1.807) is 12.1 Å². The number of halogens is 3. The Morgan fingerprint density at radius 1 is 1.04 bits per heavy atom. The second kappa shape index (κ2) is 6.99. The predicted octanol–water partition coefficient (Wildman–Crippen LogP) is 4.12. The molecule has 0 bridgehead atoms. The van der Waals surface area contributed by atoms with Crippen LogP contribution in [0.15, 0.2) is 54.6 Å². The highest BCUT2D eigenvalue weighted by Gasteiger charge is 2.45. The first kappa shape index (κ1) is 18.3. The van der Waals surface area contributed by atoms with Gasteiger partial charge in [-0.1, -0.05) is 36.4 Å². The minimum atomic E-state index is -4.48. The van der Waals surface area contributed by atoms with Gasteiger partial charge in [0.1, 0.15) is 5.60 Å². The van der Waals surface area contributed by atoms with Gasteiger partial charge in [0.25, 0.3) is 0 Å². The fourth-order valence-corrected chi connectivity index (χ4v) is 2.93. The molecule has 0 aliphatic heterocycles. The van der Waals surface area contributed by atoms with Gasteiger partial charge in [-0.25, -0.2) is 4.79 Å². The van der Waals surface area contributed by atoms with Gasteiger partial charge in [-0.05, 0) is 42.5 Å². The van der Waals surface area contributed by atoms with E-state index < -0.39 is 23.4 Å². The summed E-state index contributed by atoms with van der Waals surface area (Å²) in [6.07, 6.45) is -2.75. The van der Waals surface area contributed by atoms with Crippen LogP contribution >= 0.6 is 0 Å². The van der Waals surface area contributed by atoms with E-state index in [-0.39, 0.29) is 18.2 Å². The lowest BCUT2D eigenvalue weighted by Gasteiger charge is -2.29. The normalized spacial score (nSPS) is 16.6. The fourth-order valence-electron chi connectivity index (χ4n) is 2.93. The molecule has 138 valence electrons. The lowest BCUT2D eigenvalue weighted by atomic mass is 9.89. The van der Waals surface area contributed by atoms with E-state index in [2.05, 4.69) is 10.6 Å². The molecular formula is C19H19F3N2O2. The molecule has 0 heterocycles. The van der Waals surface area contributed by atoms with E-state index in [0.29, 0.717) is 5.56 Å². The molecule has 2 aromatic carbocycles. The van der Waals surface area contributed by atoms with E-state index in [4.69, 9.17) is 0 Å². The van der Waals surface area contributed by atoms with Crippen LogP contribution in [0.5, 0.6) is 0 Å². The van der Waals surface area contributed by atoms with Crippen molar-refractivity contribution in [3.8, 4) is 0 Å². The summed E-state index contributed by atoms with van der Waals surface area (Å²) in [5, 5.41) is 15.9. The molecule has 1 fully saturated rings. The van der Waals surface area contributed by atoms with Crippen molar-refractivity contribution >= 4 is 11.7 Å². The summed E-state index contributed by atoms with van der Waals surface area (Å²) in [6.45, 7) is -0.0214. The Kier molecular flexibility index (Phi) is 4.91. The Hall–Kier alpha value is -2.54. The van der Waals surface area contributed by atoms with Crippen molar-refractivity contribution in [1.82, 2.24) is 5.32 Å². The van der Waals surface area contributed by atoms with Crippen molar-refractivity contribution in [1.29, 1.82) is 0 Å². The van der Waals surface area contributed by atoms with Crippen molar-refractivity contribution in [2.45, 2.75) is 24.6 Å². The Balaban J connectivity index is 1.65. The van der Waals surface area contributed by atoms with Gasteiger partial charge in [0.05, 0.1) is 12.1 Å². The summed E-state index contributed by atoms with van der Waals surface area (Å²) in [5.74, 6) is 0.0544. The van der Waals surface area contributed by atoms with Crippen LogP contribution in [0.4, 0.5) is 23.7 Å². The van der Waals surface area contributed by atoms with Crippen molar-refractivity contribution in [2.75, 3.05) is 11.9 Å². The Morgan fingerprint density at radius 3 is 2.31 bits per heavy atom. The summed E-state index contributed by atoms with van der Waals surface area (Å²) in [7, 11) is 0. The first-order valence-corrected chi connectivity index (χ1v) is 8.29. The third-order valence-electron chi connectivity index (χ3n) is 4.49. The number of anilines is 1. The van der Waals surface area contributed by atoms with E-state index in [1.165, 1.54) is 12.1 Å². The Morgan fingerprint density at radius 2 is 1.69 bits per heavy atom. The molecule has 3 N–H and O–H groups in total. The number of nitrogens with one attached hydrogen (secondary N) is 2. The zero-order valence-corrected chi connectivity index (χ0v) is 13.9. The molecule has 2 amide bonds. The van der Waals surface area contributed by atoms with Crippen molar-refractivity contribution < 1.29 is 23.1 Å². The van der Waals surface area contributed by atoms with Gasteiger partial charge in [-0.15, -0.1) is 0 Å². The second-order valence-electron chi connectivity index (χ2n) is 6.45. The number of urea groups is 1. The van der Waals surface area contributed by atoms with Crippen LogP contribution in [0, 0.1) is 5.92 Å². The number of aliphatic hydroxyl groups is 1. The fraction of sp³-hybridized carbons (Fsp3) is 0.316. The minimum absolute atomic E-state index is 0.0214. The molecule has 1 aliphatic rings. The molecule has 26 heavy (non-hydrogen) atoms. The van der Waals surface area contributed by atoms with Crippen molar-refractivity contribution in [3.05, 3.63) is 65.7 Å². The predicted molar refractivity (Wildman–Crippen MR) is 91.5 cm³/mol. The number of alkyl halides is 3. The van der Waals surface area contributed by atoms with Crippen LogP contribution in [0.1, 0.15) is 24.0 Å². The van der Waals surface area contributed by atoms with Crippen LogP contribution < -0.4 is 10.6 Å². The van der Waals surface area contributed by atoms with E-state index in [0.717, 1.165) is 25.0 Å². The first-order chi connectivity index (χ1) is 12.3. The lowest BCUT2D eigenvalue weighted by Crippen LogP contribution is -2.43. The maximum absolute atomic E-state index is 12.7. The Labute approximate surface area is 149 Å². The van der Waals surface area contributed by atoms with Crippen LogP contribution in [0.2, 0.25) is 0 Å². The topological polar surface area (TPSA) is 61.4 Å². The number of hydrogen-bond acceptors (Lipinski definition) is 2. The molecule has 0 radical (unpaired) electrons. The average Bonchev–Trinajstić information content (AvgIpc) is 3.45. The highest BCUT2D eigenvalue weighted by atomic mass is 19.4. The number of benzene rings is 2. The SMILES string of the molecule is O=C(NCC(O)(c1ccccc1)C1CC1)Nc1cccc(C(F)(F)F)c1. The highest BCUT2D eigenvalue weighted by molar-refractivity contribution is 5.89. The molecule has 1 unspecified atom stereocenters. The molecule has 1 aliphatic carbocycles. The largest absolute Gasteiger partial charge is 0.416 e. The zero-order chi connectivity index (χ0) is 18.8. The maximum atomic E-state index is 12.7. The molecule has 7 heteroatoms. The van der Waals surface area contributed by atoms with E-state index >= 15 is 0 Å². The lowest BCUT2D eigenvalue weighted by molar-refractivity contribution is -0.137. The Bertz CT molecular complexity index is 776. The van der Waals surface area contributed by atoms with E-state index in [9.17, 15) is 23.1 Å². The molecule has 0 spiro atoms. The van der Waals surface area contributed by atoms with Crippen molar-refractivity contribution in [3.63, 3.8) is 0 Å². The quantitative estimate of drug-likeness (QED) is 0.747. The molecule has 1 saturated carbocycles. The minimum Gasteiger partial charge on any atom is -0.383 e. The van der Waals surface area contributed by atoms with Crippen LogP contribution in [0.25, 0.3) is 0 Å². The number of rotatable bonds is 5. The van der Waals surface area contributed by atoms with Gasteiger partial charge in [0.15, 0.2) is 0 Å². The molecule has 0 saturated heterocycles. The molecule has 4 nitrogen and oxygen atoms in total. The number of carbonyl (C=O) groups is 1. The molecular weight excluding hydrogens is 345 g/mol. The zero-order valence-electron chi connectivity index (χ0n) is 13.9. The van der Waals surface area contributed by atoms with Crippen LogP contribution in [-0.4, -0.2) is 17.7 Å². The molecule has 1 atom stereocenters. The smallest absolute Gasteiger partial charge is 0.383 e. The summed E-state index contributed by atoms with van der Waals surface area (Å²) < 4.78 is 38.2. The highest BCUT2D eigenvalue weighted by Crippen LogP contribution is 2.45. The van der Waals surface area contributed by atoms with Gasteiger partial charge in [-0.2, -0.15) is 13.2 Å². The third kappa shape index (κ3) is 4.16. The summed E-state index contributed by atoms with van der Waals surface area (Å²) >= 11 is 0. The van der Waals surface area contributed by atoms with Gasteiger partial charge >= 0.3 is 12.2 Å². The third-order valence-corrected chi connectivity index (χ3v) is 4.49. The average molecular weight is 364 g/mol. The van der Waals surface area contributed by atoms with Gasteiger partial charge in [0, 0.05) is 5.69 Å². The monoisotopic (exact) mass is 364 g/mol. The second-order valence-corrected chi connectivity index (χ2v) is 6.45. The van der Waals surface area contributed by atoms with Gasteiger partial charge in [0.2, 0.25) is 0 Å². The van der Waals surface area contributed by atoms with Crippen molar-refractivity contribution in [2.24, 2.45) is 5.92 Å². The standard InChI is InChI=1S/C19H19F3N2O2/c20-19(21,22)15-7-4-8-16(11-15)24-17(25)23-12-18(26,14-9-10-14)13-5-2-1-3-6-13/h1-8,11,14,26H,9-10,12H2,(H2,23,24,25). The number of carbonyl (C=O) groups excluding carboxylic acids is 1. The maximum Gasteiger partial charge on any atom is 0.416 e. The summed E-state index contributed by atoms with van der Waals surface area (Å²) in [4.78, 5) is 12.1. The molecule has 2 aromatic rings. The number of amides is 2. The van der Waals surface area contributed by atoms with Gasteiger partial charge < -0.3 is 15.7 Å². The number of hydrogen-bond donors (Lipinski definition) is 3. The van der Waals surface area contributed by atoms with Crippen LogP contribution in [0.3, 0.4) is 0 Å². The molecule has 0 aromatic heterocycles. The van der Waals surface area contributed by atoms with Crippen LogP contribution in [-0.2, 0) is 11.8 Å². The molecule has 3 rings (SSSR count). The first-order valence-electron chi connectivity index (χ1n) is 8.29. The van der Waals surface area contributed by atoms with Gasteiger partial charge in [-0.3, -0.25) is 0 Å². The van der Waals surface area contributed by atoms with E-state index in [1.807, 2.05) is 18.2 Å². The summed E-state index contributed by atoms with van der Waals surface area (Å²) in [6, 6.07) is 12.8. The summed E-state index contributed by atoms with van der Waals surface area (Å²) in [5.41, 5.74) is -1.28.